The van der Waals surface area contributed by atoms with Crippen LogP contribution in [-0.2, 0) is 9.53 Å². The quantitative estimate of drug-likeness (QED) is 0.327. The molecule has 0 saturated heterocycles. The van der Waals surface area contributed by atoms with Gasteiger partial charge in [0.2, 0.25) is 0 Å². The van der Waals surface area contributed by atoms with Gasteiger partial charge in [-0.3, -0.25) is 15.2 Å². The second kappa shape index (κ2) is 10.4. The number of furan rings is 1. The number of carbonyl (C=O) groups is 1. The summed E-state index contributed by atoms with van der Waals surface area (Å²) in [6.07, 6.45) is 3.62. The van der Waals surface area contributed by atoms with Gasteiger partial charge in [0.05, 0.1) is 5.56 Å². The van der Waals surface area contributed by atoms with Crippen molar-refractivity contribution in [2.75, 3.05) is 27.3 Å². The van der Waals surface area contributed by atoms with E-state index in [4.69, 9.17) is 21.4 Å². The first-order valence-corrected chi connectivity index (χ1v) is 8.76. The fraction of sp³-hybridized carbons (Fsp3) is 0.263. The van der Waals surface area contributed by atoms with Crippen LogP contribution in [0, 0.1) is 5.82 Å². The second-order valence-corrected chi connectivity index (χ2v) is 6.02. The molecule has 6 nitrogen and oxygen atoms in total. The lowest BCUT2D eigenvalue weighted by atomic mass is 10.1. The van der Waals surface area contributed by atoms with E-state index in [-0.39, 0.29) is 11.7 Å². The minimum atomic E-state index is -0.373. The number of amides is 1. The van der Waals surface area contributed by atoms with Crippen molar-refractivity contribution in [3.05, 3.63) is 54.1 Å². The molecule has 0 aliphatic carbocycles. The lowest BCUT2D eigenvalue weighted by molar-refractivity contribution is -0.119. The van der Waals surface area contributed by atoms with E-state index in [0.717, 1.165) is 6.42 Å². The zero-order chi connectivity index (χ0) is 19.6. The lowest BCUT2D eigenvalue weighted by Gasteiger charge is -2.20. The number of nitrogens with zero attached hydrogens (tertiary/aromatic N) is 1. The van der Waals surface area contributed by atoms with Gasteiger partial charge < -0.3 is 14.5 Å². The van der Waals surface area contributed by atoms with Crippen LogP contribution in [0.15, 0.2) is 46.9 Å². The van der Waals surface area contributed by atoms with Crippen molar-refractivity contribution in [1.82, 2.24) is 15.8 Å². The first-order chi connectivity index (χ1) is 13.0. The number of ether oxygens (including phenoxy) is 1. The zero-order valence-electron chi connectivity index (χ0n) is 15.2. The van der Waals surface area contributed by atoms with Crippen molar-refractivity contribution in [3.63, 3.8) is 0 Å². The Morgan fingerprint density at radius 3 is 2.85 bits per heavy atom. The van der Waals surface area contributed by atoms with Gasteiger partial charge in [0, 0.05) is 33.4 Å². The summed E-state index contributed by atoms with van der Waals surface area (Å²) >= 11 is 5.17. The maximum Gasteiger partial charge on any atom is 0.262 e. The van der Waals surface area contributed by atoms with Crippen LogP contribution < -0.4 is 10.7 Å². The average Bonchev–Trinajstić information content (AvgIpc) is 3.12. The van der Waals surface area contributed by atoms with E-state index in [0.29, 0.717) is 35.3 Å². The molecule has 27 heavy (non-hydrogen) atoms. The van der Waals surface area contributed by atoms with Gasteiger partial charge in [-0.15, -0.1) is 0 Å². The molecule has 1 aromatic carbocycles. The number of carbonyl (C=O) groups excluding carboxylic acids is 1. The molecule has 0 unspecified atom stereocenters. The van der Waals surface area contributed by atoms with Crippen LogP contribution in [0.2, 0.25) is 0 Å². The molecule has 0 bridgehead atoms. The molecular weight excluding hydrogens is 369 g/mol. The van der Waals surface area contributed by atoms with Crippen molar-refractivity contribution < 1.29 is 18.3 Å². The molecule has 2 N–H and O–H groups in total. The van der Waals surface area contributed by atoms with E-state index in [1.54, 1.807) is 44.5 Å². The molecule has 0 atom stereocenters. The van der Waals surface area contributed by atoms with Crippen molar-refractivity contribution >= 4 is 29.3 Å². The van der Waals surface area contributed by atoms with E-state index < -0.39 is 0 Å². The number of methoxy groups -OCH3 is 1. The molecule has 144 valence electrons. The smallest absolute Gasteiger partial charge is 0.262 e. The molecule has 0 aliphatic rings. The maximum absolute atomic E-state index is 13.8. The van der Waals surface area contributed by atoms with E-state index in [1.165, 1.54) is 23.2 Å². The number of thiocarbonyl (C=S) groups is 1. The van der Waals surface area contributed by atoms with E-state index in [2.05, 4.69) is 10.7 Å². The predicted molar refractivity (Wildman–Crippen MR) is 106 cm³/mol. The summed E-state index contributed by atoms with van der Waals surface area (Å²) in [5.41, 5.74) is 2.98. The third-order valence-electron chi connectivity index (χ3n) is 3.55. The number of rotatable bonds is 7. The Balaban J connectivity index is 1.86. The molecule has 2 aromatic rings. The first kappa shape index (κ1) is 20.6. The first-order valence-electron chi connectivity index (χ1n) is 8.35. The highest BCUT2D eigenvalue weighted by molar-refractivity contribution is 7.80. The lowest BCUT2D eigenvalue weighted by Crippen LogP contribution is -2.47. The molecule has 0 spiro atoms. The molecule has 1 amide bonds. The Kier molecular flexibility index (Phi) is 7.97. The third kappa shape index (κ3) is 6.50. The van der Waals surface area contributed by atoms with Gasteiger partial charge in [0.15, 0.2) is 5.11 Å². The number of benzene rings is 1. The zero-order valence-corrected chi connectivity index (χ0v) is 16.0. The molecular formula is C19H22FN3O3S. The van der Waals surface area contributed by atoms with Gasteiger partial charge in [0.25, 0.3) is 5.91 Å². The normalized spacial score (nSPS) is 10.8. The van der Waals surface area contributed by atoms with Crippen LogP contribution in [0.3, 0.4) is 0 Å². The SMILES string of the molecule is COCCCNC(=S)N(C)NC(=O)/C=C/c1ccc(-c2ccccc2F)o1. The number of hydrogen-bond donors (Lipinski definition) is 2. The highest BCUT2D eigenvalue weighted by atomic mass is 32.1. The summed E-state index contributed by atoms with van der Waals surface area (Å²) in [5.74, 6) is 0.0914. The number of hydrogen-bond acceptors (Lipinski definition) is 4. The minimum Gasteiger partial charge on any atom is -0.457 e. The van der Waals surface area contributed by atoms with Crippen molar-refractivity contribution in [3.8, 4) is 11.3 Å². The average molecular weight is 391 g/mol. The highest BCUT2D eigenvalue weighted by Crippen LogP contribution is 2.25. The molecule has 1 aromatic heterocycles. The van der Waals surface area contributed by atoms with E-state index in [1.807, 2.05) is 0 Å². The largest absolute Gasteiger partial charge is 0.457 e. The summed E-state index contributed by atoms with van der Waals surface area (Å²) in [7, 11) is 3.27. The van der Waals surface area contributed by atoms with Crippen LogP contribution >= 0.6 is 12.2 Å². The fourth-order valence-corrected chi connectivity index (χ4v) is 2.34. The van der Waals surface area contributed by atoms with Crippen LogP contribution in [0.4, 0.5) is 4.39 Å². The van der Waals surface area contributed by atoms with Crippen molar-refractivity contribution in [2.24, 2.45) is 0 Å². The fourth-order valence-electron chi connectivity index (χ4n) is 2.19. The molecule has 1 heterocycles. The van der Waals surface area contributed by atoms with Gasteiger partial charge in [-0.05, 0) is 49.0 Å². The van der Waals surface area contributed by atoms with E-state index in [9.17, 15) is 9.18 Å². The second-order valence-electron chi connectivity index (χ2n) is 5.63. The summed E-state index contributed by atoms with van der Waals surface area (Å²) in [6, 6.07) is 9.65. The molecule has 0 saturated carbocycles. The van der Waals surface area contributed by atoms with Crippen molar-refractivity contribution in [1.29, 1.82) is 0 Å². The Labute approximate surface area is 163 Å². The van der Waals surface area contributed by atoms with Gasteiger partial charge in [-0.2, -0.15) is 0 Å². The van der Waals surface area contributed by atoms with Gasteiger partial charge >= 0.3 is 0 Å². The number of hydrazine groups is 1. The van der Waals surface area contributed by atoms with Crippen LogP contribution in [0.25, 0.3) is 17.4 Å². The summed E-state index contributed by atoms with van der Waals surface area (Å²) in [5, 5.41) is 4.82. The van der Waals surface area contributed by atoms with Crippen LogP contribution in [-0.4, -0.2) is 43.3 Å². The Morgan fingerprint density at radius 1 is 1.33 bits per heavy atom. The predicted octanol–water partition coefficient (Wildman–Crippen LogP) is 2.97. The summed E-state index contributed by atoms with van der Waals surface area (Å²) in [6.45, 7) is 1.28. The van der Waals surface area contributed by atoms with E-state index >= 15 is 0 Å². The molecule has 0 aliphatic heterocycles. The molecule has 8 heteroatoms. The van der Waals surface area contributed by atoms with Crippen LogP contribution in [0.5, 0.6) is 0 Å². The summed E-state index contributed by atoms with van der Waals surface area (Å²) in [4.78, 5) is 12.0. The van der Waals surface area contributed by atoms with Gasteiger partial charge in [-0.1, -0.05) is 12.1 Å². The number of nitrogens with one attached hydrogen (secondary N) is 2. The monoisotopic (exact) mass is 391 g/mol. The minimum absolute atomic E-state index is 0.367. The van der Waals surface area contributed by atoms with Crippen molar-refractivity contribution in [2.45, 2.75) is 6.42 Å². The maximum atomic E-state index is 13.8. The third-order valence-corrected chi connectivity index (χ3v) is 3.97. The molecule has 0 radical (unpaired) electrons. The van der Waals surface area contributed by atoms with Gasteiger partial charge in [0.1, 0.15) is 17.3 Å². The van der Waals surface area contributed by atoms with Gasteiger partial charge in [-0.25, -0.2) is 4.39 Å². The highest BCUT2D eigenvalue weighted by Gasteiger charge is 2.09. The topological polar surface area (TPSA) is 66.7 Å². The Morgan fingerprint density at radius 2 is 2.11 bits per heavy atom. The Bertz CT molecular complexity index is 807. The molecule has 2 rings (SSSR count). The number of halogens is 1. The summed E-state index contributed by atoms with van der Waals surface area (Å²) < 4.78 is 24.3. The van der Waals surface area contributed by atoms with Crippen LogP contribution in [0.1, 0.15) is 12.2 Å². The standard InChI is InChI=1S/C19H22FN3O3S/c1-23(19(27)21-12-5-13-25-2)22-18(24)11-9-14-8-10-17(26-14)15-6-3-4-7-16(15)20/h3-4,6-11H,5,12-13H2,1-2H3,(H,21,27)(H,22,24)/b11-9+. The molecule has 0 fully saturated rings. The Hall–Kier alpha value is -2.71.